The molecule has 3 nitrogen and oxygen atoms in total. The molecule has 0 fully saturated rings. The van der Waals surface area contributed by atoms with E-state index in [1.54, 1.807) is 18.9 Å². The second kappa shape index (κ2) is 9.71. The third-order valence-corrected chi connectivity index (χ3v) is 4.04. The summed E-state index contributed by atoms with van der Waals surface area (Å²) in [6, 6.07) is 5.88. The molecule has 20 heavy (non-hydrogen) atoms. The minimum absolute atomic E-state index is 0.0882. The van der Waals surface area contributed by atoms with E-state index in [0.29, 0.717) is 12.3 Å². The van der Waals surface area contributed by atoms with Gasteiger partial charge in [0.15, 0.2) is 0 Å². The Kier molecular flexibility index (Phi) is 8.20. The first-order chi connectivity index (χ1) is 9.71. The SMILES string of the molecule is COc1ccc(C#CCCO)cc1CSCC(C)CO. The lowest BCUT2D eigenvalue weighted by Crippen LogP contribution is -2.03. The average molecular weight is 294 g/mol. The van der Waals surface area contributed by atoms with Crippen molar-refractivity contribution in [3.05, 3.63) is 29.3 Å². The highest BCUT2D eigenvalue weighted by Crippen LogP contribution is 2.25. The van der Waals surface area contributed by atoms with E-state index in [2.05, 4.69) is 11.8 Å². The van der Waals surface area contributed by atoms with Gasteiger partial charge < -0.3 is 14.9 Å². The molecule has 0 saturated heterocycles. The third-order valence-electron chi connectivity index (χ3n) is 2.72. The van der Waals surface area contributed by atoms with Crippen molar-refractivity contribution in [2.45, 2.75) is 19.1 Å². The van der Waals surface area contributed by atoms with Gasteiger partial charge in [0, 0.05) is 29.9 Å². The van der Waals surface area contributed by atoms with E-state index in [-0.39, 0.29) is 13.2 Å². The van der Waals surface area contributed by atoms with Crippen LogP contribution in [0.3, 0.4) is 0 Å². The number of methoxy groups -OCH3 is 1. The first-order valence-electron chi connectivity index (χ1n) is 6.66. The molecule has 2 N–H and O–H groups in total. The van der Waals surface area contributed by atoms with Crippen LogP contribution >= 0.6 is 11.8 Å². The van der Waals surface area contributed by atoms with Crippen LogP contribution in [0.2, 0.25) is 0 Å². The minimum atomic E-state index is 0.0882. The van der Waals surface area contributed by atoms with Crippen LogP contribution in [0, 0.1) is 17.8 Å². The maximum Gasteiger partial charge on any atom is 0.122 e. The maximum absolute atomic E-state index is 9.02. The molecule has 0 radical (unpaired) electrons. The standard InChI is InChI=1S/C16H22O3S/c1-13(10-18)11-20-12-15-9-14(5-3-4-8-17)6-7-16(15)19-2/h6-7,9,13,17-18H,4,8,10-12H2,1-2H3. The van der Waals surface area contributed by atoms with Gasteiger partial charge in [0.1, 0.15) is 5.75 Å². The molecule has 0 saturated carbocycles. The summed E-state index contributed by atoms with van der Waals surface area (Å²) in [4.78, 5) is 0. The summed E-state index contributed by atoms with van der Waals surface area (Å²) < 4.78 is 5.36. The van der Waals surface area contributed by atoms with Gasteiger partial charge in [-0.2, -0.15) is 11.8 Å². The smallest absolute Gasteiger partial charge is 0.122 e. The summed E-state index contributed by atoms with van der Waals surface area (Å²) in [7, 11) is 1.66. The van der Waals surface area contributed by atoms with Gasteiger partial charge in [-0.3, -0.25) is 0 Å². The molecule has 1 aromatic rings. The Balaban J connectivity index is 2.71. The van der Waals surface area contributed by atoms with Crippen molar-refractivity contribution in [2.75, 3.05) is 26.1 Å². The van der Waals surface area contributed by atoms with Crippen molar-refractivity contribution in [2.24, 2.45) is 5.92 Å². The molecule has 1 atom stereocenters. The van der Waals surface area contributed by atoms with E-state index in [1.165, 1.54) is 0 Å². The van der Waals surface area contributed by atoms with Gasteiger partial charge in [0.25, 0.3) is 0 Å². The quantitative estimate of drug-likeness (QED) is 0.758. The Morgan fingerprint density at radius 3 is 2.80 bits per heavy atom. The van der Waals surface area contributed by atoms with E-state index in [4.69, 9.17) is 14.9 Å². The van der Waals surface area contributed by atoms with E-state index in [1.807, 2.05) is 25.1 Å². The van der Waals surface area contributed by atoms with Crippen molar-refractivity contribution in [3.8, 4) is 17.6 Å². The fraction of sp³-hybridized carbons (Fsp3) is 0.500. The zero-order chi connectivity index (χ0) is 14.8. The molecular weight excluding hydrogens is 272 g/mol. The highest BCUT2D eigenvalue weighted by Gasteiger charge is 2.06. The van der Waals surface area contributed by atoms with Crippen LogP contribution in [0.15, 0.2) is 18.2 Å². The summed E-state index contributed by atoms with van der Waals surface area (Å²) >= 11 is 1.78. The second-order valence-corrected chi connectivity index (χ2v) is 5.64. The molecule has 1 rings (SSSR count). The summed E-state index contributed by atoms with van der Waals surface area (Å²) in [6.45, 7) is 2.34. The normalized spacial score (nSPS) is 11.6. The van der Waals surface area contributed by atoms with Gasteiger partial charge in [-0.05, 0) is 29.9 Å². The average Bonchev–Trinajstić information content (AvgIpc) is 2.47. The van der Waals surface area contributed by atoms with Crippen LogP contribution in [0.1, 0.15) is 24.5 Å². The molecule has 0 aliphatic heterocycles. The topological polar surface area (TPSA) is 49.7 Å². The molecule has 1 unspecified atom stereocenters. The molecule has 1 aromatic carbocycles. The van der Waals surface area contributed by atoms with Crippen LogP contribution < -0.4 is 4.74 Å². The molecule has 0 aliphatic carbocycles. The number of benzene rings is 1. The number of rotatable bonds is 7. The fourth-order valence-electron chi connectivity index (χ4n) is 1.61. The molecule has 0 bridgehead atoms. The first-order valence-corrected chi connectivity index (χ1v) is 7.82. The van der Waals surface area contributed by atoms with Crippen LogP contribution in [-0.2, 0) is 5.75 Å². The van der Waals surface area contributed by atoms with Gasteiger partial charge in [0.2, 0.25) is 0 Å². The molecule has 0 amide bonds. The molecule has 0 heterocycles. The Morgan fingerprint density at radius 1 is 1.35 bits per heavy atom. The van der Waals surface area contributed by atoms with Crippen LogP contribution in [0.25, 0.3) is 0 Å². The van der Waals surface area contributed by atoms with Crippen LogP contribution in [0.4, 0.5) is 0 Å². The summed E-state index contributed by atoms with van der Waals surface area (Å²) in [5, 5.41) is 17.7. The number of ether oxygens (including phenoxy) is 1. The third kappa shape index (κ3) is 5.87. The highest BCUT2D eigenvalue weighted by atomic mass is 32.2. The summed E-state index contributed by atoms with van der Waals surface area (Å²) in [5.74, 6) is 8.87. The Morgan fingerprint density at radius 2 is 2.15 bits per heavy atom. The monoisotopic (exact) mass is 294 g/mol. The largest absolute Gasteiger partial charge is 0.496 e. The van der Waals surface area contributed by atoms with Gasteiger partial charge in [-0.15, -0.1) is 0 Å². The van der Waals surface area contributed by atoms with Crippen LogP contribution in [-0.4, -0.2) is 36.3 Å². The number of aliphatic hydroxyl groups excluding tert-OH is 2. The lowest BCUT2D eigenvalue weighted by molar-refractivity contribution is 0.250. The van der Waals surface area contributed by atoms with E-state index in [9.17, 15) is 0 Å². The number of thioether (sulfide) groups is 1. The first kappa shape index (κ1) is 16.9. The van der Waals surface area contributed by atoms with E-state index < -0.39 is 0 Å². The van der Waals surface area contributed by atoms with E-state index in [0.717, 1.165) is 28.4 Å². The summed E-state index contributed by atoms with van der Waals surface area (Å²) in [6.07, 6.45) is 0.490. The lowest BCUT2D eigenvalue weighted by atomic mass is 10.1. The molecule has 110 valence electrons. The van der Waals surface area contributed by atoms with Crippen molar-refractivity contribution in [1.29, 1.82) is 0 Å². The molecule has 0 aliphatic rings. The van der Waals surface area contributed by atoms with Crippen molar-refractivity contribution >= 4 is 11.8 Å². The maximum atomic E-state index is 9.02. The van der Waals surface area contributed by atoms with Crippen LogP contribution in [0.5, 0.6) is 5.75 Å². The molecule has 0 aromatic heterocycles. The number of hydrogen-bond acceptors (Lipinski definition) is 4. The number of aliphatic hydroxyl groups is 2. The lowest BCUT2D eigenvalue weighted by Gasteiger charge is -2.10. The van der Waals surface area contributed by atoms with Crippen molar-refractivity contribution < 1.29 is 14.9 Å². The second-order valence-electron chi connectivity index (χ2n) is 4.60. The van der Waals surface area contributed by atoms with Gasteiger partial charge in [-0.25, -0.2) is 0 Å². The zero-order valence-electron chi connectivity index (χ0n) is 12.1. The zero-order valence-corrected chi connectivity index (χ0v) is 12.9. The molecule has 0 spiro atoms. The minimum Gasteiger partial charge on any atom is -0.496 e. The van der Waals surface area contributed by atoms with Crippen molar-refractivity contribution in [3.63, 3.8) is 0 Å². The predicted octanol–water partition coefficient (Wildman–Crippen LogP) is 2.29. The van der Waals surface area contributed by atoms with Gasteiger partial charge in [0.05, 0.1) is 13.7 Å². The fourth-order valence-corrected chi connectivity index (χ4v) is 2.68. The summed E-state index contributed by atoms with van der Waals surface area (Å²) in [5.41, 5.74) is 2.04. The van der Waals surface area contributed by atoms with Gasteiger partial charge in [-0.1, -0.05) is 18.8 Å². The Bertz CT molecular complexity index is 463. The van der Waals surface area contributed by atoms with Crippen molar-refractivity contribution in [1.82, 2.24) is 0 Å². The Hall–Kier alpha value is -1.15. The Labute approximate surface area is 125 Å². The predicted molar refractivity (Wildman–Crippen MR) is 84.0 cm³/mol. The molecular formula is C16H22O3S. The number of hydrogen-bond donors (Lipinski definition) is 2. The highest BCUT2D eigenvalue weighted by molar-refractivity contribution is 7.98. The molecule has 4 heteroatoms. The van der Waals surface area contributed by atoms with Gasteiger partial charge >= 0.3 is 0 Å². The van der Waals surface area contributed by atoms with E-state index >= 15 is 0 Å².